The molecule has 0 saturated heterocycles. The number of hydrogen-bond acceptors (Lipinski definition) is 3. The lowest BCUT2D eigenvalue weighted by Crippen LogP contribution is -2.30. The zero-order chi connectivity index (χ0) is 15.9. The van der Waals surface area contributed by atoms with E-state index in [-0.39, 0.29) is 0 Å². The minimum absolute atomic E-state index is 0.426. The number of carbonyl (C=O) groups is 1. The second-order valence-electron chi connectivity index (χ2n) is 4.85. The second kappa shape index (κ2) is 7.82. The average molecular weight is 320 g/mol. The molecular formula is C17H18ClNO3. The number of aliphatic hydroxyl groups is 1. The van der Waals surface area contributed by atoms with E-state index in [9.17, 15) is 9.90 Å². The maximum atomic E-state index is 11.9. The Kier molecular flexibility index (Phi) is 5.81. The summed E-state index contributed by atoms with van der Waals surface area (Å²) < 4.78 is 5.15. The number of methoxy groups -OCH3 is 1. The third-order valence-corrected chi connectivity index (χ3v) is 3.53. The monoisotopic (exact) mass is 319 g/mol. The molecule has 116 valence electrons. The molecule has 0 fully saturated rings. The molecule has 5 heteroatoms. The van der Waals surface area contributed by atoms with E-state index in [0.717, 1.165) is 11.3 Å². The minimum Gasteiger partial charge on any atom is -0.497 e. The molecule has 2 aromatic rings. The van der Waals surface area contributed by atoms with Crippen LogP contribution in [0.1, 0.15) is 17.2 Å². The molecule has 1 atom stereocenters. The van der Waals surface area contributed by atoms with Crippen LogP contribution in [-0.2, 0) is 11.2 Å². The van der Waals surface area contributed by atoms with E-state index in [1.165, 1.54) is 0 Å². The van der Waals surface area contributed by atoms with Crippen molar-refractivity contribution in [3.63, 3.8) is 0 Å². The molecule has 0 spiro atoms. The number of ether oxygens (including phenoxy) is 1. The molecule has 0 unspecified atom stereocenters. The van der Waals surface area contributed by atoms with Gasteiger partial charge in [0.2, 0.25) is 0 Å². The Morgan fingerprint density at radius 1 is 1.27 bits per heavy atom. The molecule has 0 radical (unpaired) electrons. The van der Waals surface area contributed by atoms with Gasteiger partial charge in [0.05, 0.1) is 7.11 Å². The standard InChI is InChI=1S/C17H18ClNO3/c1-22-15-4-2-3-12(11-15)9-10-19-17(21)16(20)13-5-7-14(18)8-6-13/h2-8,11,16,20H,9-10H2,1H3,(H,19,21)/t16-/m0/s1. The summed E-state index contributed by atoms with van der Waals surface area (Å²) in [5, 5.41) is 13.3. The van der Waals surface area contributed by atoms with Crippen LogP contribution in [0.5, 0.6) is 5.75 Å². The first kappa shape index (κ1) is 16.3. The third-order valence-electron chi connectivity index (χ3n) is 3.28. The Labute approximate surface area is 134 Å². The summed E-state index contributed by atoms with van der Waals surface area (Å²) in [7, 11) is 1.61. The van der Waals surface area contributed by atoms with Crippen LogP contribution in [0.25, 0.3) is 0 Å². The molecule has 22 heavy (non-hydrogen) atoms. The molecule has 0 aromatic heterocycles. The van der Waals surface area contributed by atoms with Crippen molar-refractivity contribution in [1.29, 1.82) is 0 Å². The van der Waals surface area contributed by atoms with Crippen LogP contribution < -0.4 is 10.1 Å². The van der Waals surface area contributed by atoms with Crippen LogP contribution in [0.2, 0.25) is 5.02 Å². The molecule has 0 aliphatic rings. The lowest BCUT2D eigenvalue weighted by Gasteiger charge is -2.12. The number of carbonyl (C=O) groups excluding carboxylic acids is 1. The molecular weight excluding hydrogens is 302 g/mol. The predicted molar refractivity (Wildman–Crippen MR) is 86.1 cm³/mol. The Morgan fingerprint density at radius 2 is 2.00 bits per heavy atom. The Morgan fingerprint density at radius 3 is 2.68 bits per heavy atom. The third kappa shape index (κ3) is 4.48. The second-order valence-corrected chi connectivity index (χ2v) is 5.28. The van der Waals surface area contributed by atoms with Crippen LogP contribution in [0.15, 0.2) is 48.5 Å². The van der Waals surface area contributed by atoms with E-state index in [1.807, 2.05) is 24.3 Å². The smallest absolute Gasteiger partial charge is 0.253 e. The van der Waals surface area contributed by atoms with Crippen molar-refractivity contribution >= 4 is 17.5 Å². The van der Waals surface area contributed by atoms with Gasteiger partial charge in [-0.05, 0) is 41.8 Å². The fourth-order valence-corrected chi connectivity index (χ4v) is 2.18. The van der Waals surface area contributed by atoms with Gasteiger partial charge in [-0.1, -0.05) is 35.9 Å². The van der Waals surface area contributed by atoms with Gasteiger partial charge in [0, 0.05) is 11.6 Å². The number of nitrogens with one attached hydrogen (secondary N) is 1. The van der Waals surface area contributed by atoms with Crippen LogP contribution in [-0.4, -0.2) is 24.7 Å². The molecule has 2 aromatic carbocycles. The molecule has 0 aliphatic carbocycles. The normalized spacial score (nSPS) is 11.8. The highest BCUT2D eigenvalue weighted by atomic mass is 35.5. The zero-order valence-corrected chi connectivity index (χ0v) is 13.0. The van der Waals surface area contributed by atoms with E-state index in [4.69, 9.17) is 16.3 Å². The van der Waals surface area contributed by atoms with E-state index in [2.05, 4.69) is 5.32 Å². The van der Waals surface area contributed by atoms with Gasteiger partial charge >= 0.3 is 0 Å². The first-order valence-corrected chi connectivity index (χ1v) is 7.32. The van der Waals surface area contributed by atoms with Gasteiger partial charge in [-0.3, -0.25) is 4.79 Å². The summed E-state index contributed by atoms with van der Waals surface area (Å²) >= 11 is 5.78. The van der Waals surface area contributed by atoms with Crippen LogP contribution >= 0.6 is 11.6 Å². The SMILES string of the molecule is COc1cccc(CCNC(=O)[C@@H](O)c2ccc(Cl)cc2)c1. The maximum absolute atomic E-state index is 11.9. The molecule has 1 amide bonds. The highest BCUT2D eigenvalue weighted by molar-refractivity contribution is 6.30. The van der Waals surface area contributed by atoms with Gasteiger partial charge in [0.1, 0.15) is 5.75 Å². The Bertz CT molecular complexity index is 628. The lowest BCUT2D eigenvalue weighted by molar-refractivity contribution is -0.129. The highest BCUT2D eigenvalue weighted by Crippen LogP contribution is 2.16. The van der Waals surface area contributed by atoms with Gasteiger partial charge in [0.15, 0.2) is 6.10 Å². The molecule has 0 saturated carbocycles. The van der Waals surface area contributed by atoms with E-state index < -0.39 is 12.0 Å². The van der Waals surface area contributed by atoms with Crippen LogP contribution in [0.3, 0.4) is 0 Å². The average Bonchev–Trinajstić information content (AvgIpc) is 2.55. The predicted octanol–water partition coefficient (Wildman–Crippen LogP) is 2.74. The fourth-order valence-electron chi connectivity index (χ4n) is 2.05. The van der Waals surface area contributed by atoms with Crippen LogP contribution in [0.4, 0.5) is 0 Å². The first-order valence-electron chi connectivity index (χ1n) is 6.94. The van der Waals surface area contributed by atoms with Crippen molar-refractivity contribution in [3.8, 4) is 5.75 Å². The summed E-state index contributed by atoms with van der Waals surface area (Å²) in [6.07, 6.45) is -0.529. The van der Waals surface area contributed by atoms with Crippen molar-refractivity contribution in [2.24, 2.45) is 0 Å². The number of aliphatic hydroxyl groups excluding tert-OH is 1. The van der Waals surface area contributed by atoms with E-state index >= 15 is 0 Å². The summed E-state index contributed by atoms with van der Waals surface area (Å²) in [5.41, 5.74) is 1.57. The maximum Gasteiger partial charge on any atom is 0.253 e. The van der Waals surface area contributed by atoms with Crippen LogP contribution in [0, 0.1) is 0 Å². The van der Waals surface area contributed by atoms with Crippen molar-refractivity contribution in [2.75, 3.05) is 13.7 Å². The van der Waals surface area contributed by atoms with E-state index in [1.54, 1.807) is 31.4 Å². The summed E-state index contributed by atoms with van der Waals surface area (Å²) in [6, 6.07) is 14.2. The molecule has 2 N–H and O–H groups in total. The van der Waals surface area contributed by atoms with E-state index in [0.29, 0.717) is 23.6 Å². The number of halogens is 1. The number of benzene rings is 2. The largest absolute Gasteiger partial charge is 0.497 e. The number of hydrogen-bond donors (Lipinski definition) is 2. The molecule has 0 heterocycles. The lowest BCUT2D eigenvalue weighted by atomic mass is 10.1. The number of amides is 1. The van der Waals surface area contributed by atoms with Gasteiger partial charge in [-0.2, -0.15) is 0 Å². The number of rotatable bonds is 6. The van der Waals surface area contributed by atoms with Gasteiger partial charge in [-0.15, -0.1) is 0 Å². The van der Waals surface area contributed by atoms with Crippen molar-refractivity contribution in [3.05, 3.63) is 64.7 Å². The molecule has 4 nitrogen and oxygen atoms in total. The van der Waals surface area contributed by atoms with Crippen molar-refractivity contribution in [1.82, 2.24) is 5.32 Å². The highest BCUT2D eigenvalue weighted by Gasteiger charge is 2.16. The minimum atomic E-state index is -1.19. The van der Waals surface area contributed by atoms with Crippen molar-refractivity contribution in [2.45, 2.75) is 12.5 Å². The Balaban J connectivity index is 1.85. The summed E-state index contributed by atoms with van der Waals surface area (Å²) in [4.78, 5) is 11.9. The fraction of sp³-hybridized carbons (Fsp3) is 0.235. The van der Waals surface area contributed by atoms with Gasteiger partial charge in [-0.25, -0.2) is 0 Å². The first-order chi connectivity index (χ1) is 10.6. The zero-order valence-electron chi connectivity index (χ0n) is 12.3. The summed E-state index contributed by atoms with van der Waals surface area (Å²) in [6.45, 7) is 0.441. The quantitative estimate of drug-likeness (QED) is 0.860. The molecule has 2 rings (SSSR count). The molecule has 0 bridgehead atoms. The van der Waals surface area contributed by atoms with Crippen molar-refractivity contribution < 1.29 is 14.6 Å². The Hall–Kier alpha value is -2.04. The van der Waals surface area contributed by atoms with Gasteiger partial charge < -0.3 is 15.2 Å². The topological polar surface area (TPSA) is 58.6 Å². The molecule has 0 aliphatic heterocycles. The summed E-state index contributed by atoms with van der Waals surface area (Å²) in [5.74, 6) is 0.357. The van der Waals surface area contributed by atoms with Gasteiger partial charge in [0.25, 0.3) is 5.91 Å².